The molecule has 0 aliphatic carbocycles. The highest BCUT2D eigenvalue weighted by Crippen LogP contribution is 2.29. The average molecular weight is 693 g/mol. The third-order valence-corrected chi connectivity index (χ3v) is 6.02. The van der Waals surface area contributed by atoms with Crippen LogP contribution in [0.2, 0.25) is 0 Å². The molecule has 1 aromatic carbocycles. The van der Waals surface area contributed by atoms with Crippen LogP contribution in [0.1, 0.15) is 43.6 Å². The van der Waals surface area contributed by atoms with Crippen molar-refractivity contribution >= 4 is 30.5 Å². The summed E-state index contributed by atoms with van der Waals surface area (Å²) in [6.07, 6.45) is -15.9. The normalized spacial score (nSPS) is 13.1. The number of carbonyl (C=O) groups excluding carboxylic acids is 3. The van der Waals surface area contributed by atoms with Crippen molar-refractivity contribution in [2.24, 2.45) is 17.6 Å². The van der Waals surface area contributed by atoms with Gasteiger partial charge in [0.2, 0.25) is 0 Å². The molecule has 9 nitrogen and oxygen atoms in total. The molecule has 262 valence electrons. The zero-order chi connectivity index (χ0) is 34.6. The van der Waals surface area contributed by atoms with Gasteiger partial charge in [0.05, 0.1) is 11.6 Å². The summed E-state index contributed by atoms with van der Waals surface area (Å²) in [6, 6.07) is 2.50. The fourth-order valence-corrected chi connectivity index (χ4v) is 3.57. The lowest BCUT2D eigenvalue weighted by Crippen LogP contribution is -2.48. The molecule has 0 spiro atoms. The second kappa shape index (κ2) is 18.7. The molecule has 19 heteroatoms. The molecule has 0 heterocycles. The topological polar surface area (TPSA) is 114 Å². The van der Waals surface area contributed by atoms with E-state index in [1.54, 1.807) is 13.8 Å². The number of carbonyl (C=O) groups is 3. The predicted molar refractivity (Wildman–Crippen MR) is 148 cm³/mol. The molecule has 0 saturated carbocycles. The van der Waals surface area contributed by atoms with E-state index in [9.17, 15) is 53.9 Å². The maximum absolute atomic E-state index is 12.5. The summed E-state index contributed by atoms with van der Waals surface area (Å²) in [5, 5.41) is 2.45. The Morgan fingerprint density at radius 1 is 0.756 bits per heavy atom. The van der Waals surface area contributed by atoms with Crippen molar-refractivity contribution in [2.75, 3.05) is 40.4 Å². The first-order chi connectivity index (χ1) is 19.9. The van der Waals surface area contributed by atoms with Crippen molar-refractivity contribution < 1.29 is 63.4 Å². The standard InChI is InChI=1S/C17H20F6N2O3.C9H17F3N2O2.ClH/c1-10(2)13(25(3)15(27)28-9-16(18,19)20)8-24-14(26)11-4-6-12(7-5-11)17(21,22)23;1-6(2)7(4-13)14(3)8(15)16-5-9(10,11)12;/h4-7,10,13H,8-9H2,1-3H3,(H,24,26);6-7H,4-5,13H2,1-3H3;1H/t13-;7-;/m11./s1. The Morgan fingerprint density at radius 3 is 1.44 bits per heavy atom. The van der Waals surface area contributed by atoms with Gasteiger partial charge in [-0.05, 0) is 36.1 Å². The van der Waals surface area contributed by atoms with Crippen LogP contribution in [0.15, 0.2) is 24.3 Å². The maximum atomic E-state index is 12.5. The first kappa shape index (κ1) is 44.0. The number of benzene rings is 1. The molecule has 3 N–H and O–H groups in total. The minimum absolute atomic E-state index is 0. The predicted octanol–water partition coefficient (Wildman–Crippen LogP) is 6.11. The number of alkyl halides is 9. The highest BCUT2D eigenvalue weighted by atomic mass is 35.5. The number of rotatable bonds is 10. The summed E-state index contributed by atoms with van der Waals surface area (Å²) >= 11 is 0. The van der Waals surface area contributed by atoms with Gasteiger partial charge in [-0.1, -0.05) is 27.7 Å². The Bertz CT molecular complexity index is 1050. The molecule has 45 heavy (non-hydrogen) atoms. The Kier molecular flexibility index (Phi) is 18.3. The average Bonchev–Trinajstić information content (AvgIpc) is 2.89. The van der Waals surface area contributed by atoms with E-state index in [2.05, 4.69) is 14.8 Å². The molecule has 0 radical (unpaired) electrons. The second-order valence-corrected chi connectivity index (χ2v) is 10.2. The third-order valence-electron chi connectivity index (χ3n) is 6.02. The number of ether oxygens (including phenoxy) is 2. The number of amides is 3. The summed E-state index contributed by atoms with van der Waals surface area (Å²) in [5.41, 5.74) is 4.49. The van der Waals surface area contributed by atoms with Crippen molar-refractivity contribution in [3.8, 4) is 0 Å². The first-order valence-electron chi connectivity index (χ1n) is 13.0. The molecular formula is C26H38ClF9N4O5. The Labute approximate surface area is 261 Å². The Hall–Kier alpha value is -3.15. The second-order valence-electron chi connectivity index (χ2n) is 10.2. The van der Waals surface area contributed by atoms with E-state index in [0.717, 1.165) is 34.1 Å². The molecular weight excluding hydrogens is 655 g/mol. The van der Waals surface area contributed by atoms with Crippen LogP contribution in [-0.2, 0) is 15.7 Å². The van der Waals surface area contributed by atoms with Gasteiger partial charge in [0.1, 0.15) is 0 Å². The van der Waals surface area contributed by atoms with Crippen molar-refractivity contribution in [1.82, 2.24) is 15.1 Å². The summed E-state index contributed by atoms with van der Waals surface area (Å²) in [6.45, 7) is 3.75. The number of nitrogens with two attached hydrogens (primary N) is 1. The number of nitrogens with one attached hydrogen (secondary N) is 1. The van der Waals surface area contributed by atoms with Crippen molar-refractivity contribution in [3.05, 3.63) is 35.4 Å². The fraction of sp³-hybridized carbons (Fsp3) is 0.654. The summed E-state index contributed by atoms with van der Waals surface area (Å²) in [5.74, 6) is -0.888. The Balaban J connectivity index is 0. The number of nitrogens with zero attached hydrogens (tertiary/aromatic N) is 2. The van der Waals surface area contributed by atoms with Crippen molar-refractivity contribution in [3.63, 3.8) is 0 Å². The zero-order valence-corrected chi connectivity index (χ0v) is 26.1. The van der Waals surface area contributed by atoms with Crippen LogP contribution in [-0.4, -0.2) is 92.7 Å². The molecule has 2 atom stereocenters. The highest BCUT2D eigenvalue weighted by Gasteiger charge is 2.34. The van der Waals surface area contributed by atoms with Gasteiger partial charge in [0, 0.05) is 38.8 Å². The summed E-state index contributed by atoms with van der Waals surface area (Å²) < 4.78 is 118. The molecule has 0 saturated heterocycles. The van der Waals surface area contributed by atoms with Gasteiger partial charge < -0.3 is 30.3 Å². The fourth-order valence-electron chi connectivity index (χ4n) is 3.57. The van der Waals surface area contributed by atoms with E-state index < -0.39 is 61.4 Å². The smallest absolute Gasteiger partial charge is 0.422 e. The molecule has 0 aliphatic heterocycles. The maximum Gasteiger partial charge on any atom is 0.422 e. The van der Waals surface area contributed by atoms with Crippen LogP contribution in [0, 0.1) is 11.8 Å². The lowest BCUT2D eigenvalue weighted by molar-refractivity contribution is -0.163. The molecule has 1 rings (SSSR count). The van der Waals surface area contributed by atoms with E-state index in [1.807, 2.05) is 13.8 Å². The van der Waals surface area contributed by atoms with Crippen molar-refractivity contribution in [1.29, 1.82) is 0 Å². The zero-order valence-electron chi connectivity index (χ0n) is 25.3. The largest absolute Gasteiger partial charge is 0.440 e. The summed E-state index contributed by atoms with van der Waals surface area (Å²) in [7, 11) is 2.60. The number of hydrogen-bond donors (Lipinski definition) is 2. The van der Waals surface area contributed by atoms with Gasteiger partial charge in [-0.25, -0.2) is 9.59 Å². The third kappa shape index (κ3) is 17.2. The van der Waals surface area contributed by atoms with Gasteiger partial charge >= 0.3 is 30.7 Å². The minimum atomic E-state index is -4.67. The Morgan fingerprint density at radius 2 is 1.13 bits per heavy atom. The summed E-state index contributed by atoms with van der Waals surface area (Å²) in [4.78, 5) is 37.1. The number of hydrogen-bond acceptors (Lipinski definition) is 6. The SMILES string of the molecule is CC(C)[C@@H](CN)N(C)C(=O)OCC(F)(F)F.CC(C)[C@@H](CNC(=O)c1ccc(C(F)(F)F)cc1)N(C)C(=O)OCC(F)(F)F.Cl. The molecule has 1 aromatic rings. The van der Waals surface area contributed by atoms with Crippen LogP contribution in [0.3, 0.4) is 0 Å². The number of likely N-dealkylation sites (N-methyl/N-ethyl adjacent to an activating group) is 2. The number of halogens is 10. The molecule has 0 aromatic heterocycles. The molecule has 0 aliphatic rings. The first-order valence-corrected chi connectivity index (χ1v) is 13.0. The van der Waals surface area contributed by atoms with E-state index >= 15 is 0 Å². The molecule has 0 unspecified atom stereocenters. The van der Waals surface area contributed by atoms with Gasteiger partial charge in [-0.15, -0.1) is 12.4 Å². The highest BCUT2D eigenvalue weighted by molar-refractivity contribution is 5.94. The van der Waals surface area contributed by atoms with E-state index in [1.165, 1.54) is 14.1 Å². The van der Waals surface area contributed by atoms with E-state index in [0.29, 0.717) is 0 Å². The van der Waals surface area contributed by atoms with Crippen LogP contribution in [0.25, 0.3) is 0 Å². The lowest BCUT2D eigenvalue weighted by Gasteiger charge is -2.30. The van der Waals surface area contributed by atoms with Crippen LogP contribution < -0.4 is 11.1 Å². The minimum Gasteiger partial charge on any atom is -0.440 e. The lowest BCUT2D eigenvalue weighted by atomic mass is 10.0. The van der Waals surface area contributed by atoms with Crippen LogP contribution >= 0.6 is 12.4 Å². The van der Waals surface area contributed by atoms with E-state index in [4.69, 9.17) is 5.73 Å². The van der Waals surface area contributed by atoms with Gasteiger partial charge in [-0.3, -0.25) is 4.79 Å². The monoisotopic (exact) mass is 692 g/mol. The van der Waals surface area contributed by atoms with Gasteiger partial charge in [-0.2, -0.15) is 39.5 Å². The van der Waals surface area contributed by atoms with Gasteiger partial charge in [0.25, 0.3) is 5.91 Å². The molecule has 0 fully saturated rings. The van der Waals surface area contributed by atoms with E-state index in [-0.39, 0.29) is 48.9 Å². The molecule has 3 amide bonds. The van der Waals surface area contributed by atoms with Crippen LogP contribution in [0.4, 0.5) is 49.1 Å². The van der Waals surface area contributed by atoms with Crippen molar-refractivity contribution in [2.45, 2.75) is 58.3 Å². The molecule has 0 bridgehead atoms. The quantitative estimate of drug-likeness (QED) is 0.286. The van der Waals surface area contributed by atoms with Gasteiger partial charge in [0.15, 0.2) is 13.2 Å². The van der Waals surface area contributed by atoms with Crippen LogP contribution in [0.5, 0.6) is 0 Å².